The van der Waals surface area contributed by atoms with Crippen LogP contribution in [0.5, 0.6) is 0 Å². The zero-order valence-corrected chi connectivity index (χ0v) is 14.8. The third-order valence-electron chi connectivity index (χ3n) is 3.22. The average molecular weight is 343 g/mol. The van der Waals surface area contributed by atoms with Crippen LogP contribution in [0, 0.1) is 12.8 Å². The van der Waals surface area contributed by atoms with E-state index in [-0.39, 0.29) is 17.7 Å². The van der Waals surface area contributed by atoms with Gasteiger partial charge in [0.25, 0.3) is 0 Å². The molecule has 1 aromatic carbocycles. The van der Waals surface area contributed by atoms with Gasteiger partial charge in [0.05, 0.1) is 5.01 Å². The van der Waals surface area contributed by atoms with Crippen molar-refractivity contribution in [3.8, 4) is 0 Å². The summed E-state index contributed by atoms with van der Waals surface area (Å²) in [5.41, 5.74) is 1.66. The Bertz CT molecular complexity index is 750. The Balaban J connectivity index is 1.88. The highest BCUT2D eigenvalue weighted by Crippen LogP contribution is 2.13. The van der Waals surface area contributed by atoms with Crippen LogP contribution in [-0.2, 0) is 16.1 Å². The number of hydrogen-bond acceptors (Lipinski definition) is 4. The van der Waals surface area contributed by atoms with Gasteiger partial charge in [-0.05, 0) is 30.7 Å². The topological polar surface area (TPSA) is 71.1 Å². The predicted molar refractivity (Wildman–Crippen MR) is 97.6 cm³/mol. The fourth-order valence-electron chi connectivity index (χ4n) is 1.91. The normalized spacial score (nSPS) is 11.0. The number of carbonyl (C=O) groups is 2. The van der Waals surface area contributed by atoms with Crippen molar-refractivity contribution in [1.29, 1.82) is 0 Å². The number of anilines is 1. The van der Waals surface area contributed by atoms with E-state index in [1.54, 1.807) is 12.3 Å². The van der Waals surface area contributed by atoms with Crippen molar-refractivity contribution in [1.82, 2.24) is 10.3 Å². The second-order valence-corrected chi connectivity index (χ2v) is 6.94. The number of amides is 2. The van der Waals surface area contributed by atoms with E-state index in [1.807, 2.05) is 45.0 Å². The highest BCUT2D eigenvalue weighted by molar-refractivity contribution is 7.12. The minimum atomic E-state index is -0.169. The number of thiazole rings is 1. The summed E-state index contributed by atoms with van der Waals surface area (Å²) in [5, 5.41) is 6.64. The SMILES string of the molecule is Cc1ncc(/C=C/C(=O)NCc2cccc(NC(=O)C(C)C)c2)s1. The van der Waals surface area contributed by atoms with E-state index in [0.717, 1.165) is 21.1 Å². The summed E-state index contributed by atoms with van der Waals surface area (Å²) in [6.45, 7) is 6.01. The van der Waals surface area contributed by atoms with Crippen LogP contribution in [0.4, 0.5) is 5.69 Å². The van der Waals surface area contributed by atoms with Crippen LogP contribution >= 0.6 is 11.3 Å². The lowest BCUT2D eigenvalue weighted by Gasteiger charge is -2.09. The Hall–Kier alpha value is -2.47. The molecule has 0 aliphatic carbocycles. The Morgan fingerprint density at radius 2 is 2.12 bits per heavy atom. The zero-order valence-electron chi connectivity index (χ0n) is 14.0. The van der Waals surface area contributed by atoms with E-state index in [9.17, 15) is 9.59 Å². The number of carbonyl (C=O) groups excluding carboxylic acids is 2. The molecule has 6 heteroatoms. The molecule has 1 heterocycles. The molecule has 5 nitrogen and oxygen atoms in total. The molecular formula is C18H21N3O2S. The average Bonchev–Trinajstić information content (AvgIpc) is 2.96. The standard InChI is InChI=1S/C18H21N3O2S/c1-12(2)18(23)21-15-6-4-5-14(9-15)10-20-17(22)8-7-16-11-19-13(3)24-16/h4-9,11-12H,10H2,1-3H3,(H,20,22)(H,21,23)/b8-7+. The number of nitrogens with zero attached hydrogens (tertiary/aromatic N) is 1. The molecule has 0 fully saturated rings. The molecule has 24 heavy (non-hydrogen) atoms. The van der Waals surface area contributed by atoms with Gasteiger partial charge in [0.2, 0.25) is 11.8 Å². The maximum absolute atomic E-state index is 11.9. The molecule has 2 N–H and O–H groups in total. The number of nitrogens with one attached hydrogen (secondary N) is 2. The molecule has 0 radical (unpaired) electrons. The summed E-state index contributed by atoms with van der Waals surface area (Å²) in [5.74, 6) is -0.273. The van der Waals surface area contributed by atoms with Crippen LogP contribution < -0.4 is 10.6 Å². The van der Waals surface area contributed by atoms with Crippen LogP contribution in [-0.4, -0.2) is 16.8 Å². The first-order chi connectivity index (χ1) is 11.4. The monoisotopic (exact) mass is 343 g/mol. The van der Waals surface area contributed by atoms with Gasteiger partial charge in [-0.1, -0.05) is 26.0 Å². The minimum absolute atomic E-state index is 0.0287. The van der Waals surface area contributed by atoms with Crippen molar-refractivity contribution in [3.05, 3.63) is 52.0 Å². The Labute approximate surface area is 145 Å². The van der Waals surface area contributed by atoms with Crippen molar-refractivity contribution in [2.75, 3.05) is 5.32 Å². The minimum Gasteiger partial charge on any atom is -0.348 e. The second-order valence-electron chi connectivity index (χ2n) is 5.68. The second kappa shape index (κ2) is 8.40. The third-order valence-corrected chi connectivity index (χ3v) is 4.10. The van der Waals surface area contributed by atoms with Crippen molar-refractivity contribution in [2.45, 2.75) is 27.3 Å². The van der Waals surface area contributed by atoms with Gasteiger partial charge in [0, 0.05) is 35.3 Å². The molecule has 0 saturated heterocycles. The fourth-order valence-corrected chi connectivity index (χ4v) is 2.59. The number of benzene rings is 1. The van der Waals surface area contributed by atoms with Gasteiger partial charge >= 0.3 is 0 Å². The van der Waals surface area contributed by atoms with Gasteiger partial charge in [-0.3, -0.25) is 9.59 Å². The molecule has 126 valence electrons. The summed E-state index contributed by atoms with van der Waals surface area (Å²) in [6, 6.07) is 7.45. The van der Waals surface area contributed by atoms with Gasteiger partial charge in [-0.25, -0.2) is 4.98 Å². The van der Waals surface area contributed by atoms with E-state index in [2.05, 4.69) is 15.6 Å². The van der Waals surface area contributed by atoms with E-state index in [4.69, 9.17) is 0 Å². The van der Waals surface area contributed by atoms with Crippen LogP contribution in [0.3, 0.4) is 0 Å². The molecular weight excluding hydrogens is 322 g/mol. The molecule has 0 unspecified atom stereocenters. The molecule has 0 atom stereocenters. The van der Waals surface area contributed by atoms with E-state index in [1.165, 1.54) is 17.4 Å². The van der Waals surface area contributed by atoms with Crippen LogP contribution in [0.15, 0.2) is 36.5 Å². The van der Waals surface area contributed by atoms with Crippen molar-refractivity contribution in [2.24, 2.45) is 5.92 Å². The summed E-state index contributed by atoms with van der Waals surface area (Å²) in [7, 11) is 0. The largest absolute Gasteiger partial charge is 0.348 e. The van der Waals surface area contributed by atoms with Crippen LogP contribution in [0.1, 0.15) is 29.3 Å². The highest BCUT2D eigenvalue weighted by atomic mass is 32.1. The first-order valence-corrected chi connectivity index (χ1v) is 8.54. The van der Waals surface area contributed by atoms with Crippen LogP contribution in [0.25, 0.3) is 6.08 Å². The number of rotatable bonds is 6. The summed E-state index contributed by atoms with van der Waals surface area (Å²) in [6.07, 6.45) is 4.99. The maximum Gasteiger partial charge on any atom is 0.244 e. The molecule has 2 rings (SSSR count). The van der Waals surface area contributed by atoms with Crippen molar-refractivity contribution < 1.29 is 9.59 Å². The molecule has 0 bridgehead atoms. The smallest absolute Gasteiger partial charge is 0.244 e. The van der Waals surface area contributed by atoms with Gasteiger partial charge in [-0.15, -0.1) is 11.3 Å². The number of aromatic nitrogens is 1. The van der Waals surface area contributed by atoms with Crippen molar-refractivity contribution >= 4 is 34.9 Å². The van der Waals surface area contributed by atoms with E-state index < -0.39 is 0 Å². The maximum atomic E-state index is 11.9. The fraction of sp³-hybridized carbons (Fsp3) is 0.278. The van der Waals surface area contributed by atoms with E-state index >= 15 is 0 Å². The Kier molecular flexibility index (Phi) is 6.26. The summed E-state index contributed by atoms with van der Waals surface area (Å²) >= 11 is 1.54. The Morgan fingerprint density at radius 3 is 2.79 bits per heavy atom. The lowest BCUT2D eigenvalue weighted by Crippen LogP contribution is -2.21. The lowest BCUT2D eigenvalue weighted by molar-refractivity contribution is -0.119. The first-order valence-electron chi connectivity index (χ1n) is 7.72. The molecule has 0 aliphatic heterocycles. The van der Waals surface area contributed by atoms with E-state index in [0.29, 0.717) is 6.54 Å². The summed E-state index contributed by atoms with van der Waals surface area (Å²) in [4.78, 5) is 28.7. The lowest BCUT2D eigenvalue weighted by atomic mass is 10.1. The molecule has 0 saturated carbocycles. The third kappa shape index (κ3) is 5.62. The molecule has 2 amide bonds. The number of hydrogen-bond donors (Lipinski definition) is 2. The van der Waals surface area contributed by atoms with Gasteiger partial charge in [-0.2, -0.15) is 0 Å². The van der Waals surface area contributed by atoms with Crippen molar-refractivity contribution in [3.63, 3.8) is 0 Å². The zero-order chi connectivity index (χ0) is 17.5. The highest BCUT2D eigenvalue weighted by Gasteiger charge is 2.07. The molecule has 0 aliphatic rings. The molecule has 0 spiro atoms. The molecule has 1 aromatic heterocycles. The quantitative estimate of drug-likeness (QED) is 0.790. The predicted octanol–water partition coefficient (Wildman–Crippen LogP) is 3.38. The van der Waals surface area contributed by atoms with Gasteiger partial charge in [0.1, 0.15) is 0 Å². The van der Waals surface area contributed by atoms with Gasteiger partial charge < -0.3 is 10.6 Å². The Morgan fingerprint density at radius 1 is 1.33 bits per heavy atom. The van der Waals surface area contributed by atoms with Gasteiger partial charge in [0.15, 0.2) is 0 Å². The first kappa shape index (κ1) is 17.9. The molecule has 2 aromatic rings. The van der Waals surface area contributed by atoms with Crippen LogP contribution in [0.2, 0.25) is 0 Å². The summed E-state index contributed by atoms with van der Waals surface area (Å²) < 4.78 is 0. The number of aryl methyl sites for hydroxylation is 1.